The number of benzene rings is 1. The Bertz CT molecular complexity index is 299. The highest BCUT2D eigenvalue weighted by Crippen LogP contribution is 2.19. The molecule has 0 fully saturated rings. The van der Waals surface area contributed by atoms with Gasteiger partial charge in [0.05, 0.1) is 6.61 Å². The first-order chi connectivity index (χ1) is 7.13. The smallest absolute Gasteiger partial charge is 0.120 e. The molecule has 0 bridgehead atoms. The quantitative estimate of drug-likeness (QED) is 0.840. The van der Waals surface area contributed by atoms with Gasteiger partial charge in [-0.2, -0.15) is 0 Å². The highest BCUT2D eigenvalue weighted by atomic mass is 35.5. The fourth-order valence-corrected chi connectivity index (χ4v) is 1.40. The van der Waals surface area contributed by atoms with Gasteiger partial charge < -0.3 is 9.84 Å². The van der Waals surface area contributed by atoms with Gasteiger partial charge in [0.2, 0.25) is 0 Å². The van der Waals surface area contributed by atoms with Gasteiger partial charge in [-0.05, 0) is 24.1 Å². The van der Waals surface area contributed by atoms with Gasteiger partial charge in [-0.3, -0.25) is 0 Å². The first-order valence-electron chi connectivity index (χ1n) is 5.12. The fraction of sp³-hybridized carbons (Fsp3) is 0.500. The lowest BCUT2D eigenvalue weighted by Crippen LogP contribution is -2.21. The van der Waals surface area contributed by atoms with Gasteiger partial charge in [0.15, 0.2) is 0 Å². The third kappa shape index (κ3) is 4.10. The maximum atomic E-state index is 9.12. The third-order valence-electron chi connectivity index (χ3n) is 2.44. The summed E-state index contributed by atoms with van der Waals surface area (Å²) in [5.74, 6) is 1.33. The minimum atomic E-state index is 0.151. The molecule has 15 heavy (non-hydrogen) atoms. The van der Waals surface area contributed by atoms with E-state index in [1.807, 2.05) is 12.1 Å². The van der Waals surface area contributed by atoms with E-state index in [9.17, 15) is 0 Å². The lowest BCUT2D eigenvalue weighted by molar-refractivity contribution is 0.130. The summed E-state index contributed by atoms with van der Waals surface area (Å²) in [6.45, 7) is 4.82. The van der Waals surface area contributed by atoms with Crippen LogP contribution in [0.15, 0.2) is 24.3 Å². The summed E-state index contributed by atoms with van der Waals surface area (Å²) in [4.78, 5) is 0. The summed E-state index contributed by atoms with van der Waals surface area (Å²) in [6, 6.07) is 7.29. The van der Waals surface area contributed by atoms with Crippen LogP contribution in [0.5, 0.6) is 5.75 Å². The summed E-state index contributed by atoms with van der Waals surface area (Å²) in [7, 11) is 0. The monoisotopic (exact) mass is 228 g/mol. The van der Waals surface area contributed by atoms with Crippen molar-refractivity contribution in [2.75, 3.05) is 13.2 Å². The van der Waals surface area contributed by atoms with Gasteiger partial charge in [-0.25, -0.2) is 0 Å². The van der Waals surface area contributed by atoms with Crippen molar-refractivity contribution in [1.29, 1.82) is 0 Å². The van der Waals surface area contributed by atoms with Crippen LogP contribution in [0.25, 0.3) is 0 Å². The molecule has 1 atom stereocenters. The van der Waals surface area contributed by atoms with Crippen LogP contribution in [-0.4, -0.2) is 18.3 Å². The van der Waals surface area contributed by atoms with Crippen LogP contribution in [0.3, 0.4) is 0 Å². The van der Waals surface area contributed by atoms with Crippen molar-refractivity contribution in [3.8, 4) is 5.75 Å². The zero-order chi connectivity index (χ0) is 11.3. The molecule has 1 unspecified atom stereocenters. The van der Waals surface area contributed by atoms with E-state index in [1.165, 1.54) is 0 Å². The molecule has 0 saturated carbocycles. The van der Waals surface area contributed by atoms with E-state index >= 15 is 0 Å². The Balaban J connectivity index is 2.49. The van der Waals surface area contributed by atoms with Gasteiger partial charge in [-0.1, -0.05) is 31.5 Å². The molecule has 0 aliphatic carbocycles. The zero-order valence-electron chi connectivity index (χ0n) is 9.11. The van der Waals surface area contributed by atoms with Crippen molar-refractivity contribution in [1.82, 2.24) is 0 Å². The van der Waals surface area contributed by atoms with E-state index < -0.39 is 0 Å². The van der Waals surface area contributed by atoms with Crippen LogP contribution in [0.1, 0.15) is 13.8 Å². The lowest BCUT2D eigenvalue weighted by atomic mass is 9.98. The summed E-state index contributed by atoms with van der Waals surface area (Å²) in [5.41, 5.74) is 0. The molecule has 84 valence electrons. The summed E-state index contributed by atoms with van der Waals surface area (Å²) in [5, 5.41) is 9.79. The number of aliphatic hydroxyl groups is 1. The van der Waals surface area contributed by atoms with Gasteiger partial charge in [0.25, 0.3) is 0 Å². The molecule has 2 nitrogen and oxygen atoms in total. The van der Waals surface area contributed by atoms with Crippen LogP contribution >= 0.6 is 11.6 Å². The van der Waals surface area contributed by atoms with Gasteiger partial charge in [0.1, 0.15) is 5.75 Å². The summed E-state index contributed by atoms with van der Waals surface area (Å²) < 4.78 is 5.56. The Hall–Kier alpha value is -0.730. The van der Waals surface area contributed by atoms with Gasteiger partial charge >= 0.3 is 0 Å². The van der Waals surface area contributed by atoms with Crippen LogP contribution < -0.4 is 4.74 Å². The number of rotatable bonds is 5. The highest BCUT2D eigenvalue weighted by molar-refractivity contribution is 6.30. The minimum absolute atomic E-state index is 0.151. The fourth-order valence-electron chi connectivity index (χ4n) is 1.22. The Morgan fingerprint density at radius 2 is 2.13 bits per heavy atom. The highest BCUT2D eigenvalue weighted by Gasteiger charge is 2.12. The molecular weight excluding hydrogens is 212 g/mol. The first-order valence-corrected chi connectivity index (χ1v) is 5.50. The molecule has 0 aliphatic rings. The Labute approximate surface area is 95.8 Å². The molecule has 0 aromatic heterocycles. The number of hydrogen-bond acceptors (Lipinski definition) is 2. The molecule has 1 N–H and O–H groups in total. The van der Waals surface area contributed by atoms with Crippen molar-refractivity contribution in [2.45, 2.75) is 13.8 Å². The largest absolute Gasteiger partial charge is 0.493 e. The van der Waals surface area contributed by atoms with Crippen molar-refractivity contribution in [3.05, 3.63) is 29.3 Å². The van der Waals surface area contributed by atoms with E-state index in [4.69, 9.17) is 21.4 Å². The van der Waals surface area contributed by atoms with Crippen LogP contribution in [0.4, 0.5) is 0 Å². The summed E-state index contributed by atoms with van der Waals surface area (Å²) in [6.07, 6.45) is 0. The molecule has 0 amide bonds. The van der Waals surface area contributed by atoms with Crippen LogP contribution in [0.2, 0.25) is 5.02 Å². The van der Waals surface area contributed by atoms with Crippen molar-refractivity contribution in [3.63, 3.8) is 0 Å². The van der Waals surface area contributed by atoms with Gasteiger partial charge in [-0.15, -0.1) is 0 Å². The van der Waals surface area contributed by atoms with E-state index in [-0.39, 0.29) is 12.5 Å². The molecule has 1 rings (SSSR count). The second kappa shape index (κ2) is 5.99. The first kappa shape index (κ1) is 12.3. The average Bonchev–Trinajstić information content (AvgIpc) is 2.18. The number of aliphatic hydroxyl groups excluding tert-OH is 1. The molecule has 1 aromatic carbocycles. The minimum Gasteiger partial charge on any atom is -0.493 e. The maximum absolute atomic E-state index is 9.12. The maximum Gasteiger partial charge on any atom is 0.120 e. The predicted octanol–water partition coefficient (Wildman–Crippen LogP) is 2.98. The average molecular weight is 229 g/mol. The van der Waals surface area contributed by atoms with Crippen molar-refractivity contribution >= 4 is 11.6 Å². The summed E-state index contributed by atoms with van der Waals surface area (Å²) >= 11 is 5.83. The lowest BCUT2D eigenvalue weighted by Gasteiger charge is -2.18. The van der Waals surface area contributed by atoms with E-state index in [0.29, 0.717) is 17.5 Å². The molecule has 0 spiro atoms. The van der Waals surface area contributed by atoms with Crippen molar-refractivity contribution < 1.29 is 9.84 Å². The number of halogens is 1. The molecule has 0 heterocycles. The molecular formula is C12H17ClO2. The SMILES string of the molecule is CC(C)C(CO)COc1cccc(Cl)c1. The van der Waals surface area contributed by atoms with Crippen LogP contribution in [-0.2, 0) is 0 Å². The van der Waals surface area contributed by atoms with E-state index in [0.717, 1.165) is 5.75 Å². The van der Waals surface area contributed by atoms with E-state index in [2.05, 4.69) is 13.8 Å². The third-order valence-corrected chi connectivity index (χ3v) is 2.67. The topological polar surface area (TPSA) is 29.5 Å². The Morgan fingerprint density at radius 3 is 2.67 bits per heavy atom. The molecule has 3 heteroatoms. The second-order valence-electron chi connectivity index (χ2n) is 3.96. The molecule has 0 saturated heterocycles. The van der Waals surface area contributed by atoms with Crippen molar-refractivity contribution in [2.24, 2.45) is 11.8 Å². The number of hydrogen-bond donors (Lipinski definition) is 1. The Kier molecular flexibility index (Phi) is 4.92. The van der Waals surface area contributed by atoms with Crippen LogP contribution in [0, 0.1) is 11.8 Å². The van der Waals surface area contributed by atoms with Gasteiger partial charge in [0, 0.05) is 17.5 Å². The van der Waals surface area contributed by atoms with E-state index in [1.54, 1.807) is 12.1 Å². The Morgan fingerprint density at radius 1 is 1.40 bits per heavy atom. The molecule has 1 aromatic rings. The second-order valence-corrected chi connectivity index (χ2v) is 4.39. The standard InChI is InChI=1S/C12H17ClO2/c1-9(2)10(7-14)8-15-12-5-3-4-11(13)6-12/h3-6,9-10,14H,7-8H2,1-2H3. The molecule has 0 aliphatic heterocycles. The normalized spacial score (nSPS) is 12.9. The predicted molar refractivity (Wildman–Crippen MR) is 62.4 cm³/mol. The number of ether oxygens (including phenoxy) is 1. The zero-order valence-corrected chi connectivity index (χ0v) is 9.87. The molecule has 0 radical (unpaired) electrons.